The number of halogens is 3. The van der Waals surface area contributed by atoms with E-state index < -0.39 is 17.3 Å². The number of aromatic amines is 1. The summed E-state index contributed by atoms with van der Waals surface area (Å²) in [6, 6.07) is 11.7. The van der Waals surface area contributed by atoms with Crippen LogP contribution in [0.4, 0.5) is 13.2 Å². The molecule has 4 aromatic rings. The number of hydrogen-bond acceptors (Lipinski definition) is 2. The monoisotopic (exact) mass is 369 g/mol. The van der Waals surface area contributed by atoms with Crippen LogP contribution in [-0.2, 0) is 13.2 Å². The largest absolute Gasteiger partial charge is 0.417 e. The van der Waals surface area contributed by atoms with Crippen LogP contribution in [0, 0.1) is 0 Å². The van der Waals surface area contributed by atoms with E-state index in [9.17, 15) is 18.0 Å². The molecule has 0 atom stereocenters. The lowest BCUT2D eigenvalue weighted by molar-refractivity contribution is -0.137. The van der Waals surface area contributed by atoms with E-state index >= 15 is 0 Å². The van der Waals surface area contributed by atoms with E-state index in [-0.39, 0.29) is 11.3 Å². The first-order valence-corrected chi connectivity index (χ1v) is 8.16. The van der Waals surface area contributed by atoms with Crippen molar-refractivity contribution in [3.63, 3.8) is 0 Å². The lowest BCUT2D eigenvalue weighted by Crippen LogP contribution is -2.10. The molecular weight excluding hydrogens is 355 g/mol. The van der Waals surface area contributed by atoms with E-state index in [4.69, 9.17) is 0 Å². The minimum Gasteiger partial charge on any atom is -0.336 e. The van der Waals surface area contributed by atoms with Gasteiger partial charge in [-0.1, -0.05) is 18.2 Å². The van der Waals surface area contributed by atoms with Crippen molar-refractivity contribution in [2.45, 2.75) is 6.18 Å². The van der Waals surface area contributed by atoms with Crippen LogP contribution in [0.1, 0.15) is 5.56 Å². The molecule has 4 nitrogen and oxygen atoms in total. The van der Waals surface area contributed by atoms with Crippen molar-refractivity contribution in [3.05, 3.63) is 76.8 Å². The van der Waals surface area contributed by atoms with E-state index in [1.807, 2.05) is 23.9 Å². The Morgan fingerprint density at radius 1 is 1.04 bits per heavy atom. The van der Waals surface area contributed by atoms with E-state index in [1.54, 1.807) is 18.3 Å². The number of H-pyrrole nitrogens is 1. The lowest BCUT2D eigenvalue weighted by atomic mass is 9.99. The maximum atomic E-state index is 13.4. The molecule has 1 aromatic carbocycles. The summed E-state index contributed by atoms with van der Waals surface area (Å²) in [5, 5.41) is 0.820. The van der Waals surface area contributed by atoms with E-state index in [2.05, 4.69) is 9.97 Å². The molecule has 0 fully saturated rings. The Labute approximate surface area is 151 Å². The summed E-state index contributed by atoms with van der Waals surface area (Å²) in [6.45, 7) is 0. The summed E-state index contributed by atoms with van der Waals surface area (Å²) in [7, 11) is 1.85. The first kappa shape index (κ1) is 17.1. The van der Waals surface area contributed by atoms with Crippen molar-refractivity contribution in [2.75, 3.05) is 0 Å². The molecule has 0 aliphatic rings. The van der Waals surface area contributed by atoms with Gasteiger partial charge in [0.15, 0.2) is 0 Å². The van der Waals surface area contributed by atoms with Gasteiger partial charge in [-0.05, 0) is 35.4 Å². The molecule has 4 rings (SSSR count). The predicted molar refractivity (Wildman–Crippen MR) is 97.2 cm³/mol. The molecular formula is C20H14F3N3O. The fourth-order valence-electron chi connectivity index (χ4n) is 3.23. The molecule has 1 N–H and O–H groups in total. The molecule has 0 unspecified atom stereocenters. The fraction of sp³-hybridized carbons (Fsp3) is 0.100. The normalized spacial score (nSPS) is 11.9. The third kappa shape index (κ3) is 3.01. The molecule has 0 amide bonds. The lowest BCUT2D eigenvalue weighted by Gasteiger charge is -2.13. The van der Waals surface area contributed by atoms with Gasteiger partial charge in [0.25, 0.3) is 0 Å². The van der Waals surface area contributed by atoms with Gasteiger partial charge >= 0.3 is 6.18 Å². The van der Waals surface area contributed by atoms with Crippen molar-refractivity contribution < 1.29 is 13.2 Å². The average Bonchev–Trinajstić information content (AvgIpc) is 3.02. The fourth-order valence-corrected chi connectivity index (χ4v) is 3.23. The average molecular weight is 369 g/mol. The Morgan fingerprint density at radius 2 is 1.81 bits per heavy atom. The van der Waals surface area contributed by atoms with Crippen LogP contribution in [0.25, 0.3) is 33.4 Å². The van der Waals surface area contributed by atoms with E-state index in [1.165, 1.54) is 24.3 Å². The minimum absolute atomic E-state index is 0.0673. The highest BCUT2D eigenvalue weighted by molar-refractivity contribution is 5.93. The number of rotatable bonds is 2. The highest BCUT2D eigenvalue weighted by Crippen LogP contribution is 2.37. The van der Waals surface area contributed by atoms with Crippen LogP contribution in [0.15, 0.2) is 65.7 Å². The summed E-state index contributed by atoms with van der Waals surface area (Å²) in [4.78, 5) is 19.0. The second-order valence-electron chi connectivity index (χ2n) is 6.21. The molecule has 0 aliphatic carbocycles. The van der Waals surface area contributed by atoms with Crippen molar-refractivity contribution in [3.8, 4) is 22.4 Å². The van der Waals surface area contributed by atoms with Crippen molar-refractivity contribution in [1.29, 1.82) is 0 Å². The summed E-state index contributed by atoms with van der Waals surface area (Å²) in [6.07, 6.45) is -1.07. The van der Waals surface area contributed by atoms with E-state index in [0.29, 0.717) is 5.56 Å². The number of pyridine rings is 2. The van der Waals surface area contributed by atoms with Gasteiger partial charge in [-0.15, -0.1) is 0 Å². The number of fused-ring (bicyclic) bond motifs is 1. The van der Waals surface area contributed by atoms with Crippen LogP contribution in [0.2, 0.25) is 0 Å². The Balaban J connectivity index is 1.95. The van der Waals surface area contributed by atoms with Crippen molar-refractivity contribution in [1.82, 2.24) is 14.5 Å². The third-order valence-corrected chi connectivity index (χ3v) is 4.45. The zero-order chi connectivity index (χ0) is 19.2. The molecule has 27 heavy (non-hydrogen) atoms. The zero-order valence-electron chi connectivity index (χ0n) is 14.2. The van der Waals surface area contributed by atoms with Gasteiger partial charge in [-0.2, -0.15) is 13.2 Å². The molecule has 0 bridgehead atoms. The van der Waals surface area contributed by atoms with Crippen molar-refractivity contribution in [2.24, 2.45) is 7.05 Å². The quantitative estimate of drug-likeness (QED) is 0.561. The van der Waals surface area contributed by atoms with Crippen LogP contribution >= 0.6 is 0 Å². The summed E-state index contributed by atoms with van der Waals surface area (Å²) < 4.78 is 41.9. The van der Waals surface area contributed by atoms with Crippen LogP contribution in [0.5, 0.6) is 0 Å². The SMILES string of the molecule is Cn1ccc2c(-c3cc(-c4ccccc4C(F)(F)F)[nH]c(=O)c3)ccnc21. The number of hydrogen-bond donors (Lipinski definition) is 1. The standard InChI is InChI=1S/C20H14F3N3O/c1-26-9-7-14-13(6-8-24-19(14)26)12-10-17(25-18(27)11-12)15-4-2-3-5-16(15)20(21,22)23/h2-11H,1H3,(H,25,27). The van der Waals surface area contributed by atoms with Gasteiger partial charge in [0.2, 0.25) is 5.56 Å². The van der Waals surface area contributed by atoms with Gasteiger partial charge in [0, 0.05) is 42.2 Å². The van der Waals surface area contributed by atoms with Crippen molar-refractivity contribution >= 4 is 11.0 Å². The number of nitrogens with one attached hydrogen (secondary N) is 1. The van der Waals surface area contributed by atoms with Crippen LogP contribution in [0.3, 0.4) is 0 Å². The Bertz CT molecular complexity index is 1210. The molecule has 0 spiro atoms. The van der Waals surface area contributed by atoms with Gasteiger partial charge in [-0.3, -0.25) is 4.79 Å². The highest BCUT2D eigenvalue weighted by atomic mass is 19.4. The number of nitrogens with zero attached hydrogens (tertiary/aromatic N) is 2. The second kappa shape index (κ2) is 6.12. The van der Waals surface area contributed by atoms with Crippen LogP contribution in [-0.4, -0.2) is 14.5 Å². The summed E-state index contributed by atoms with van der Waals surface area (Å²) in [5.74, 6) is 0. The topological polar surface area (TPSA) is 50.7 Å². The second-order valence-corrected chi connectivity index (χ2v) is 6.21. The maximum absolute atomic E-state index is 13.4. The first-order valence-electron chi connectivity index (χ1n) is 8.16. The molecule has 136 valence electrons. The summed E-state index contributed by atoms with van der Waals surface area (Å²) >= 11 is 0. The zero-order valence-corrected chi connectivity index (χ0v) is 14.2. The number of aromatic nitrogens is 3. The molecule has 0 saturated carbocycles. The molecule has 0 radical (unpaired) electrons. The van der Waals surface area contributed by atoms with E-state index in [0.717, 1.165) is 22.7 Å². The van der Waals surface area contributed by atoms with Gasteiger partial charge < -0.3 is 9.55 Å². The Kier molecular flexibility index (Phi) is 3.87. The molecule has 7 heteroatoms. The number of aryl methyl sites for hydroxylation is 1. The molecule has 3 heterocycles. The van der Waals surface area contributed by atoms with Gasteiger partial charge in [0.05, 0.1) is 5.56 Å². The summed E-state index contributed by atoms with van der Waals surface area (Å²) in [5.41, 5.74) is 0.776. The van der Waals surface area contributed by atoms with Gasteiger partial charge in [0.1, 0.15) is 5.65 Å². The number of benzene rings is 1. The Hall–Kier alpha value is -3.35. The number of alkyl halides is 3. The molecule has 3 aromatic heterocycles. The first-order chi connectivity index (χ1) is 12.8. The van der Waals surface area contributed by atoms with Crippen LogP contribution < -0.4 is 5.56 Å². The predicted octanol–water partition coefficient (Wildman–Crippen LogP) is 4.61. The minimum atomic E-state index is -4.52. The molecule has 0 aliphatic heterocycles. The Morgan fingerprint density at radius 3 is 2.59 bits per heavy atom. The smallest absolute Gasteiger partial charge is 0.336 e. The maximum Gasteiger partial charge on any atom is 0.417 e. The highest BCUT2D eigenvalue weighted by Gasteiger charge is 2.33. The third-order valence-electron chi connectivity index (χ3n) is 4.45. The van der Waals surface area contributed by atoms with Gasteiger partial charge in [-0.25, -0.2) is 4.98 Å². The molecule has 0 saturated heterocycles.